The Kier molecular flexibility index (Phi) is 5.41. The molecule has 1 aliphatic carbocycles. The average Bonchev–Trinajstić information content (AvgIpc) is 2.67. The molecule has 2 heteroatoms. The molecule has 1 unspecified atom stereocenters. The van der Waals surface area contributed by atoms with Crippen molar-refractivity contribution in [3.8, 4) is 0 Å². The molecular formula is C17H27NO. The molecule has 2 nitrogen and oxygen atoms in total. The van der Waals surface area contributed by atoms with Gasteiger partial charge in [0.05, 0.1) is 5.60 Å². The molecule has 19 heavy (non-hydrogen) atoms. The second-order valence-electron chi connectivity index (χ2n) is 5.71. The Morgan fingerprint density at radius 1 is 1.11 bits per heavy atom. The molecular weight excluding hydrogens is 234 g/mol. The van der Waals surface area contributed by atoms with Crippen molar-refractivity contribution >= 4 is 0 Å². The van der Waals surface area contributed by atoms with Gasteiger partial charge in [0.15, 0.2) is 0 Å². The van der Waals surface area contributed by atoms with Gasteiger partial charge >= 0.3 is 0 Å². The van der Waals surface area contributed by atoms with Gasteiger partial charge in [-0.15, -0.1) is 0 Å². The van der Waals surface area contributed by atoms with Crippen LogP contribution in [0.1, 0.15) is 51.0 Å². The molecule has 1 aromatic carbocycles. The van der Waals surface area contributed by atoms with Crippen LogP contribution < -0.4 is 5.73 Å². The first-order chi connectivity index (χ1) is 9.27. The van der Waals surface area contributed by atoms with Crippen molar-refractivity contribution in [3.63, 3.8) is 0 Å². The Labute approximate surface area is 117 Å². The Bertz CT molecular complexity index is 355. The molecule has 1 fully saturated rings. The molecule has 106 valence electrons. The molecule has 2 N–H and O–H groups in total. The molecule has 2 rings (SSSR count). The van der Waals surface area contributed by atoms with Gasteiger partial charge in [0.25, 0.3) is 0 Å². The summed E-state index contributed by atoms with van der Waals surface area (Å²) in [6.07, 6.45) is 8.31. The molecule has 0 aliphatic heterocycles. The fraction of sp³-hybridized carbons (Fsp3) is 0.647. The van der Waals surface area contributed by atoms with Crippen molar-refractivity contribution in [3.05, 3.63) is 35.9 Å². The van der Waals surface area contributed by atoms with Crippen LogP contribution in [0.3, 0.4) is 0 Å². The minimum atomic E-state index is -0.0961. The van der Waals surface area contributed by atoms with Gasteiger partial charge in [-0.2, -0.15) is 0 Å². The highest BCUT2D eigenvalue weighted by Crippen LogP contribution is 2.34. The predicted molar refractivity (Wildman–Crippen MR) is 80.2 cm³/mol. The summed E-state index contributed by atoms with van der Waals surface area (Å²) < 4.78 is 6.16. The van der Waals surface area contributed by atoms with Crippen molar-refractivity contribution in [2.45, 2.75) is 63.5 Å². The van der Waals surface area contributed by atoms with E-state index in [2.05, 4.69) is 37.3 Å². The summed E-state index contributed by atoms with van der Waals surface area (Å²) in [6, 6.07) is 10.7. The van der Waals surface area contributed by atoms with Crippen molar-refractivity contribution in [2.75, 3.05) is 6.61 Å². The smallest absolute Gasteiger partial charge is 0.0835 e. The lowest BCUT2D eigenvalue weighted by Gasteiger charge is -2.38. The van der Waals surface area contributed by atoms with Crippen LogP contribution in [0.4, 0.5) is 0 Å². The van der Waals surface area contributed by atoms with E-state index < -0.39 is 0 Å². The van der Waals surface area contributed by atoms with Gasteiger partial charge in [-0.05, 0) is 31.7 Å². The third-order valence-electron chi connectivity index (χ3n) is 4.36. The summed E-state index contributed by atoms with van der Waals surface area (Å²) in [5.74, 6) is 0. The van der Waals surface area contributed by atoms with Gasteiger partial charge in [-0.1, -0.05) is 56.0 Å². The van der Waals surface area contributed by atoms with Gasteiger partial charge < -0.3 is 10.5 Å². The van der Waals surface area contributed by atoms with E-state index in [0.717, 1.165) is 25.9 Å². The molecule has 0 radical (unpaired) electrons. The predicted octanol–water partition coefficient (Wildman–Crippen LogP) is 3.69. The zero-order valence-electron chi connectivity index (χ0n) is 12.1. The van der Waals surface area contributed by atoms with E-state index in [0.29, 0.717) is 0 Å². The Morgan fingerprint density at radius 2 is 1.74 bits per heavy atom. The maximum absolute atomic E-state index is 6.55. The van der Waals surface area contributed by atoms with Crippen LogP contribution in [0.15, 0.2) is 30.3 Å². The summed E-state index contributed by atoms with van der Waals surface area (Å²) in [4.78, 5) is 0. The number of rotatable bonds is 5. The average molecular weight is 261 g/mol. The van der Waals surface area contributed by atoms with E-state index in [4.69, 9.17) is 10.5 Å². The van der Waals surface area contributed by atoms with Gasteiger partial charge in [0.2, 0.25) is 0 Å². The summed E-state index contributed by atoms with van der Waals surface area (Å²) in [5.41, 5.74) is 7.77. The fourth-order valence-electron chi connectivity index (χ4n) is 3.29. The van der Waals surface area contributed by atoms with Crippen LogP contribution in [0, 0.1) is 0 Å². The van der Waals surface area contributed by atoms with E-state index >= 15 is 0 Å². The second kappa shape index (κ2) is 7.06. The first kappa shape index (κ1) is 14.5. The summed E-state index contributed by atoms with van der Waals surface area (Å²) in [7, 11) is 0. The molecule has 1 atom stereocenters. The van der Waals surface area contributed by atoms with Crippen LogP contribution in [-0.4, -0.2) is 18.2 Å². The lowest BCUT2D eigenvalue weighted by Crippen LogP contribution is -2.51. The summed E-state index contributed by atoms with van der Waals surface area (Å²) in [5, 5.41) is 0. The minimum absolute atomic E-state index is 0.0961. The highest BCUT2D eigenvalue weighted by Gasteiger charge is 2.37. The third-order valence-corrected chi connectivity index (χ3v) is 4.36. The highest BCUT2D eigenvalue weighted by molar-refractivity contribution is 5.17. The van der Waals surface area contributed by atoms with Crippen LogP contribution in [-0.2, 0) is 11.2 Å². The molecule has 0 spiro atoms. The number of nitrogens with two attached hydrogens (primary N) is 1. The Morgan fingerprint density at radius 3 is 2.32 bits per heavy atom. The molecule has 1 aliphatic rings. The van der Waals surface area contributed by atoms with Crippen molar-refractivity contribution in [1.29, 1.82) is 0 Å². The largest absolute Gasteiger partial charge is 0.374 e. The number of benzene rings is 1. The zero-order valence-corrected chi connectivity index (χ0v) is 12.1. The lowest BCUT2D eigenvalue weighted by molar-refractivity contribution is -0.0683. The third kappa shape index (κ3) is 3.80. The van der Waals surface area contributed by atoms with Crippen LogP contribution >= 0.6 is 0 Å². The number of hydrogen-bond donors (Lipinski definition) is 1. The molecule has 0 heterocycles. The van der Waals surface area contributed by atoms with E-state index in [1.807, 2.05) is 0 Å². The van der Waals surface area contributed by atoms with Crippen LogP contribution in [0.25, 0.3) is 0 Å². The molecule has 0 saturated heterocycles. The fourth-order valence-corrected chi connectivity index (χ4v) is 3.29. The highest BCUT2D eigenvalue weighted by atomic mass is 16.5. The molecule has 0 bridgehead atoms. The van der Waals surface area contributed by atoms with Crippen LogP contribution in [0.2, 0.25) is 0 Å². The second-order valence-corrected chi connectivity index (χ2v) is 5.71. The van der Waals surface area contributed by atoms with Gasteiger partial charge in [-0.25, -0.2) is 0 Å². The number of ether oxygens (including phenoxy) is 1. The normalized spacial score (nSPS) is 20.7. The quantitative estimate of drug-likeness (QED) is 0.821. The van der Waals surface area contributed by atoms with E-state index in [1.54, 1.807) is 0 Å². The van der Waals surface area contributed by atoms with Crippen molar-refractivity contribution in [1.82, 2.24) is 0 Å². The van der Waals surface area contributed by atoms with Gasteiger partial charge in [0, 0.05) is 12.6 Å². The standard InChI is InChI=1S/C17H27NO/c1-2-19-17(12-8-3-4-9-13-17)16(18)14-15-10-6-5-7-11-15/h5-7,10-11,16H,2-4,8-9,12-14,18H2,1H3. The SMILES string of the molecule is CCOC1(C(N)Cc2ccccc2)CCCCCC1. The summed E-state index contributed by atoms with van der Waals surface area (Å²) >= 11 is 0. The first-order valence-electron chi connectivity index (χ1n) is 7.70. The monoisotopic (exact) mass is 261 g/mol. The summed E-state index contributed by atoms with van der Waals surface area (Å²) in [6.45, 7) is 2.85. The Balaban J connectivity index is 2.08. The van der Waals surface area contributed by atoms with Crippen molar-refractivity contribution < 1.29 is 4.74 Å². The molecule has 1 saturated carbocycles. The molecule has 0 aromatic heterocycles. The molecule has 1 aromatic rings. The first-order valence-corrected chi connectivity index (χ1v) is 7.70. The van der Waals surface area contributed by atoms with E-state index in [1.165, 1.54) is 31.2 Å². The van der Waals surface area contributed by atoms with Gasteiger partial charge in [-0.3, -0.25) is 0 Å². The topological polar surface area (TPSA) is 35.2 Å². The zero-order chi connectivity index (χ0) is 13.6. The molecule has 0 amide bonds. The van der Waals surface area contributed by atoms with Crippen LogP contribution in [0.5, 0.6) is 0 Å². The van der Waals surface area contributed by atoms with E-state index in [9.17, 15) is 0 Å². The maximum atomic E-state index is 6.55. The van der Waals surface area contributed by atoms with E-state index in [-0.39, 0.29) is 11.6 Å². The Hall–Kier alpha value is -0.860. The van der Waals surface area contributed by atoms with Crippen molar-refractivity contribution in [2.24, 2.45) is 5.73 Å². The van der Waals surface area contributed by atoms with Gasteiger partial charge in [0.1, 0.15) is 0 Å². The minimum Gasteiger partial charge on any atom is -0.374 e. The maximum Gasteiger partial charge on any atom is 0.0835 e. The lowest BCUT2D eigenvalue weighted by atomic mass is 9.83. The number of hydrogen-bond acceptors (Lipinski definition) is 2.